The molecule has 0 aromatic carbocycles. The zero-order chi connectivity index (χ0) is 12.8. The van der Waals surface area contributed by atoms with Gasteiger partial charge in [0.25, 0.3) is 0 Å². The number of hydrogen-bond acceptors (Lipinski definition) is 4. The van der Waals surface area contributed by atoms with Gasteiger partial charge in [0, 0.05) is 12.7 Å². The van der Waals surface area contributed by atoms with Gasteiger partial charge in [-0.15, -0.1) is 0 Å². The fraction of sp³-hybridized carbons (Fsp3) is 0.583. The molecule has 0 aliphatic heterocycles. The number of carboxylic acids is 1. The summed E-state index contributed by atoms with van der Waals surface area (Å²) in [4.78, 5) is 19.2. The summed E-state index contributed by atoms with van der Waals surface area (Å²) in [5.74, 6) is 0.222. The Morgan fingerprint density at radius 2 is 2.24 bits per heavy atom. The van der Waals surface area contributed by atoms with Crippen molar-refractivity contribution in [1.82, 2.24) is 15.3 Å². The van der Waals surface area contributed by atoms with E-state index in [1.54, 1.807) is 12.3 Å². The van der Waals surface area contributed by atoms with Gasteiger partial charge in [-0.1, -0.05) is 13.8 Å². The molecule has 0 bridgehead atoms. The predicted octanol–water partition coefficient (Wildman–Crippen LogP) is 1.37. The van der Waals surface area contributed by atoms with Crippen molar-refractivity contribution in [2.75, 3.05) is 0 Å². The Kier molecular flexibility index (Phi) is 5.03. The number of aliphatic carboxylic acids is 1. The minimum Gasteiger partial charge on any atom is -0.480 e. The zero-order valence-corrected chi connectivity index (χ0v) is 10.5. The number of hydrogen-bond donors (Lipinski definition) is 2. The van der Waals surface area contributed by atoms with E-state index in [1.165, 1.54) is 0 Å². The molecule has 5 nitrogen and oxygen atoms in total. The van der Waals surface area contributed by atoms with Gasteiger partial charge < -0.3 is 5.11 Å². The fourth-order valence-corrected chi connectivity index (χ4v) is 1.57. The molecule has 0 amide bonds. The maximum atomic E-state index is 11.0. The highest BCUT2D eigenvalue weighted by Crippen LogP contribution is 2.06. The summed E-state index contributed by atoms with van der Waals surface area (Å²) in [6.45, 7) is 6.28. The van der Waals surface area contributed by atoms with E-state index in [1.807, 2.05) is 20.8 Å². The van der Waals surface area contributed by atoms with Crippen LogP contribution in [0, 0.1) is 12.8 Å². The summed E-state index contributed by atoms with van der Waals surface area (Å²) in [6.07, 6.45) is 2.29. The number of aromatic nitrogens is 2. The molecule has 1 unspecified atom stereocenters. The van der Waals surface area contributed by atoms with Crippen LogP contribution in [0.3, 0.4) is 0 Å². The molecule has 0 radical (unpaired) electrons. The summed E-state index contributed by atoms with van der Waals surface area (Å²) in [7, 11) is 0. The SMILES string of the molecule is Cc1nccc(CNC(CC(C)C)C(=O)O)n1. The molecule has 1 aromatic rings. The average Bonchev–Trinajstić information content (AvgIpc) is 2.23. The highest BCUT2D eigenvalue weighted by atomic mass is 16.4. The molecule has 0 spiro atoms. The lowest BCUT2D eigenvalue weighted by Gasteiger charge is -2.16. The quantitative estimate of drug-likeness (QED) is 0.781. The van der Waals surface area contributed by atoms with Crippen molar-refractivity contribution in [3.63, 3.8) is 0 Å². The number of aryl methyl sites for hydroxylation is 1. The first-order chi connectivity index (χ1) is 7.99. The van der Waals surface area contributed by atoms with E-state index in [4.69, 9.17) is 5.11 Å². The minimum atomic E-state index is -0.815. The summed E-state index contributed by atoms with van der Waals surface area (Å²) >= 11 is 0. The summed E-state index contributed by atoms with van der Waals surface area (Å²) in [6, 6.07) is 1.26. The Morgan fingerprint density at radius 3 is 2.76 bits per heavy atom. The molecule has 5 heteroatoms. The van der Waals surface area contributed by atoms with Gasteiger partial charge in [-0.3, -0.25) is 10.1 Å². The Morgan fingerprint density at radius 1 is 1.53 bits per heavy atom. The van der Waals surface area contributed by atoms with Crippen LogP contribution in [0.25, 0.3) is 0 Å². The molecular weight excluding hydrogens is 218 g/mol. The Hall–Kier alpha value is -1.49. The van der Waals surface area contributed by atoms with Gasteiger partial charge in [0.2, 0.25) is 0 Å². The fourth-order valence-electron chi connectivity index (χ4n) is 1.57. The van der Waals surface area contributed by atoms with E-state index < -0.39 is 12.0 Å². The average molecular weight is 237 g/mol. The molecule has 0 saturated carbocycles. The molecule has 1 aromatic heterocycles. The lowest BCUT2D eigenvalue weighted by atomic mass is 10.0. The van der Waals surface area contributed by atoms with Crippen molar-refractivity contribution >= 4 is 5.97 Å². The van der Waals surface area contributed by atoms with Crippen LogP contribution < -0.4 is 5.32 Å². The van der Waals surface area contributed by atoms with Crippen molar-refractivity contribution in [2.45, 2.75) is 39.8 Å². The first kappa shape index (κ1) is 13.6. The number of carboxylic acid groups (broad SMARTS) is 1. The maximum Gasteiger partial charge on any atom is 0.320 e. The normalized spacial score (nSPS) is 12.7. The van der Waals surface area contributed by atoms with Gasteiger partial charge in [0.05, 0.1) is 5.69 Å². The van der Waals surface area contributed by atoms with Gasteiger partial charge >= 0.3 is 5.97 Å². The highest BCUT2D eigenvalue weighted by molar-refractivity contribution is 5.73. The van der Waals surface area contributed by atoms with Crippen molar-refractivity contribution in [3.8, 4) is 0 Å². The molecule has 17 heavy (non-hydrogen) atoms. The van der Waals surface area contributed by atoms with E-state index in [2.05, 4.69) is 15.3 Å². The topological polar surface area (TPSA) is 75.1 Å². The van der Waals surface area contributed by atoms with Crippen LogP contribution in [0.15, 0.2) is 12.3 Å². The second-order valence-corrected chi connectivity index (χ2v) is 4.50. The zero-order valence-electron chi connectivity index (χ0n) is 10.5. The van der Waals surface area contributed by atoms with Crippen molar-refractivity contribution in [2.24, 2.45) is 5.92 Å². The Labute approximate surface area is 101 Å². The van der Waals surface area contributed by atoms with E-state index in [0.717, 1.165) is 5.69 Å². The monoisotopic (exact) mass is 237 g/mol. The predicted molar refractivity (Wildman–Crippen MR) is 64.5 cm³/mol. The Balaban J connectivity index is 2.54. The highest BCUT2D eigenvalue weighted by Gasteiger charge is 2.18. The molecule has 1 rings (SSSR count). The molecule has 0 aliphatic rings. The number of rotatable bonds is 6. The van der Waals surface area contributed by atoms with Crippen LogP contribution in [0.1, 0.15) is 31.8 Å². The molecule has 2 N–H and O–H groups in total. The minimum absolute atomic E-state index is 0.343. The third-order valence-corrected chi connectivity index (χ3v) is 2.37. The number of nitrogens with one attached hydrogen (secondary N) is 1. The summed E-state index contributed by atoms with van der Waals surface area (Å²) in [5.41, 5.74) is 0.813. The first-order valence-corrected chi connectivity index (χ1v) is 5.73. The van der Waals surface area contributed by atoms with Gasteiger partial charge in [-0.25, -0.2) is 9.97 Å². The third-order valence-electron chi connectivity index (χ3n) is 2.37. The van der Waals surface area contributed by atoms with Gasteiger partial charge in [0.1, 0.15) is 11.9 Å². The van der Waals surface area contributed by atoms with Crippen molar-refractivity contribution < 1.29 is 9.90 Å². The van der Waals surface area contributed by atoms with Crippen LogP contribution >= 0.6 is 0 Å². The van der Waals surface area contributed by atoms with E-state index in [-0.39, 0.29) is 0 Å². The van der Waals surface area contributed by atoms with E-state index >= 15 is 0 Å². The Bertz CT molecular complexity index is 380. The molecular formula is C12H19N3O2. The number of carbonyl (C=O) groups is 1. The summed E-state index contributed by atoms with van der Waals surface area (Å²) < 4.78 is 0. The second kappa shape index (κ2) is 6.30. The van der Waals surface area contributed by atoms with Crippen LogP contribution in [0.5, 0.6) is 0 Å². The van der Waals surface area contributed by atoms with Crippen LogP contribution in [0.2, 0.25) is 0 Å². The van der Waals surface area contributed by atoms with Crippen LogP contribution in [-0.2, 0) is 11.3 Å². The van der Waals surface area contributed by atoms with E-state index in [0.29, 0.717) is 24.7 Å². The van der Waals surface area contributed by atoms with Gasteiger partial charge in [-0.05, 0) is 25.3 Å². The molecule has 1 heterocycles. The maximum absolute atomic E-state index is 11.0. The lowest BCUT2D eigenvalue weighted by molar-refractivity contribution is -0.140. The first-order valence-electron chi connectivity index (χ1n) is 5.73. The van der Waals surface area contributed by atoms with Gasteiger partial charge in [-0.2, -0.15) is 0 Å². The van der Waals surface area contributed by atoms with Gasteiger partial charge in [0.15, 0.2) is 0 Å². The molecule has 0 saturated heterocycles. The third kappa shape index (κ3) is 4.91. The molecule has 0 fully saturated rings. The largest absolute Gasteiger partial charge is 0.480 e. The lowest BCUT2D eigenvalue weighted by Crippen LogP contribution is -2.37. The molecule has 1 atom stereocenters. The standard InChI is InChI=1S/C12H19N3O2/c1-8(2)6-11(12(16)17)14-7-10-4-5-13-9(3)15-10/h4-5,8,11,14H,6-7H2,1-3H3,(H,16,17). The van der Waals surface area contributed by atoms with Crippen molar-refractivity contribution in [1.29, 1.82) is 0 Å². The smallest absolute Gasteiger partial charge is 0.320 e. The van der Waals surface area contributed by atoms with Crippen molar-refractivity contribution in [3.05, 3.63) is 23.8 Å². The summed E-state index contributed by atoms with van der Waals surface area (Å²) in [5, 5.41) is 12.1. The molecule has 0 aliphatic carbocycles. The van der Waals surface area contributed by atoms with Crippen LogP contribution in [-0.4, -0.2) is 27.1 Å². The molecule has 94 valence electrons. The number of nitrogens with zero attached hydrogens (tertiary/aromatic N) is 2. The van der Waals surface area contributed by atoms with Crippen LogP contribution in [0.4, 0.5) is 0 Å². The van der Waals surface area contributed by atoms with E-state index in [9.17, 15) is 4.79 Å². The second-order valence-electron chi connectivity index (χ2n) is 4.50.